The summed E-state index contributed by atoms with van der Waals surface area (Å²) >= 11 is 0. The maximum absolute atomic E-state index is 12.2. The van der Waals surface area contributed by atoms with Crippen LogP contribution >= 0.6 is 0 Å². The van der Waals surface area contributed by atoms with E-state index in [1.165, 1.54) is 0 Å². The number of nitrogens with zero attached hydrogens (tertiary/aromatic N) is 4. The minimum Gasteiger partial charge on any atom is -0.475 e. The number of amides is 1. The van der Waals surface area contributed by atoms with E-state index in [0.29, 0.717) is 5.69 Å². The summed E-state index contributed by atoms with van der Waals surface area (Å²) in [6.07, 6.45) is -1.49. The third kappa shape index (κ3) is 5.69. The van der Waals surface area contributed by atoms with Gasteiger partial charge >= 0.3 is 12.1 Å². The molecule has 0 bridgehead atoms. The van der Waals surface area contributed by atoms with Gasteiger partial charge in [-0.15, -0.1) is 0 Å². The summed E-state index contributed by atoms with van der Waals surface area (Å²) in [6.45, 7) is 6.73. The molecule has 2 N–H and O–H groups in total. The van der Waals surface area contributed by atoms with Crippen molar-refractivity contribution >= 4 is 17.6 Å². The van der Waals surface area contributed by atoms with E-state index >= 15 is 0 Å². The summed E-state index contributed by atoms with van der Waals surface area (Å²) in [6, 6.07) is 9.37. The summed E-state index contributed by atoms with van der Waals surface area (Å²) < 4.78 is 35.5. The van der Waals surface area contributed by atoms with Gasteiger partial charge in [-0.1, -0.05) is 0 Å². The standard InChI is InChI=1S/C17H19N5O.C2HF3O2/c1-4-21-10-9-16(20-21)17(23)19-14-5-7-15(8-6-14)22-11-18-12(2)13(22)3;3-2(4,5)1(6)7/h5-11H,4H2,1-3H3,(H,19,23);(H,6,7). The molecule has 0 aliphatic heterocycles. The summed E-state index contributed by atoms with van der Waals surface area (Å²) in [5.41, 5.74) is 4.27. The molecule has 1 aromatic carbocycles. The lowest BCUT2D eigenvalue weighted by Gasteiger charge is -2.08. The Labute approximate surface area is 170 Å². The van der Waals surface area contributed by atoms with Crippen LogP contribution in [-0.2, 0) is 11.3 Å². The molecule has 2 heterocycles. The number of aliphatic carboxylic acids is 1. The van der Waals surface area contributed by atoms with Crippen molar-refractivity contribution < 1.29 is 27.9 Å². The van der Waals surface area contributed by atoms with Gasteiger partial charge in [0.05, 0.1) is 12.0 Å². The maximum atomic E-state index is 12.2. The first-order valence-electron chi connectivity index (χ1n) is 8.78. The highest BCUT2D eigenvalue weighted by Gasteiger charge is 2.38. The first-order valence-corrected chi connectivity index (χ1v) is 8.78. The Morgan fingerprint density at radius 1 is 1.13 bits per heavy atom. The Morgan fingerprint density at radius 3 is 2.17 bits per heavy atom. The fourth-order valence-corrected chi connectivity index (χ4v) is 2.32. The summed E-state index contributed by atoms with van der Waals surface area (Å²) in [5, 5.41) is 14.2. The van der Waals surface area contributed by atoms with Crippen molar-refractivity contribution in [3.05, 3.63) is 59.9 Å². The number of benzene rings is 1. The van der Waals surface area contributed by atoms with E-state index in [2.05, 4.69) is 15.4 Å². The number of imidazole rings is 1. The molecule has 0 saturated heterocycles. The number of halogens is 3. The van der Waals surface area contributed by atoms with Crippen molar-refractivity contribution in [3.8, 4) is 5.69 Å². The topological polar surface area (TPSA) is 102 Å². The van der Waals surface area contributed by atoms with E-state index in [-0.39, 0.29) is 5.91 Å². The molecule has 11 heteroatoms. The van der Waals surface area contributed by atoms with Gasteiger partial charge in [-0.3, -0.25) is 9.48 Å². The minimum absolute atomic E-state index is 0.209. The molecule has 0 unspecified atom stereocenters. The molecule has 2 aromatic heterocycles. The second kappa shape index (κ2) is 9.25. The highest BCUT2D eigenvalue weighted by molar-refractivity contribution is 6.02. The molecule has 3 aromatic rings. The second-order valence-corrected chi connectivity index (χ2v) is 6.15. The zero-order chi connectivity index (χ0) is 22.5. The van der Waals surface area contributed by atoms with E-state index in [4.69, 9.17) is 9.90 Å². The lowest BCUT2D eigenvalue weighted by Crippen LogP contribution is -2.21. The number of carboxylic acids is 1. The molecule has 0 aliphatic rings. The summed E-state index contributed by atoms with van der Waals surface area (Å²) in [4.78, 5) is 25.3. The number of aryl methyl sites for hydroxylation is 2. The third-order valence-electron chi connectivity index (χ3n) is 4.09. The highest BCUT2D eigenvalue weighted by Crippen LogP contribution is 2.17. The van der Waals surface area contributed by atoms with Crippen LogP contribution in [0.5, 0.6) is 0 Å². The third-order valence-corrected chi connectivity index (χ3v) is 4.09. The first-order chi connectivity index (χ1) is 14.0. The van der Waals surface area contributed by atoms with Gasteiger partial charge in [-0.05, 0) is 51.1 Å². The number of nitrogens with one attached hydrogen (secondary N) is 1. The fourth-order valence-electron chi connectivity index (χ4n) is 2.32. The predicted octanol–water partition coefficient (Wildman–Crippen LogP) is 3.59. The largest absolute Gasteiger partial charge is 0.490 e. The zero-order valence-electron chi connectivity index (χ0n) is 16.4. The van der Waals surface area contributed by atoms with Gasteiger partial charge in [0.1, 0.15) is 0 Å². The number of hydrogen-bond donors (Lipinski definition) is 2. The predicted molar refractivity (Wildman–Crippen MR) is 103 cm³/mol. The van der Waals surface area contributed by atoms with Crippen molar-refractivity contribution in [1.82, 2.24) is 19.3 Å². The molecule has 1 amide bonds. The van der Waals surface area contributed by atoms with Crippen LogP contribution < -0.4 is 5.32 Å². The van der Waals surface area contributed by atoms with Crippen LogP contribution in [0.2, 0.25) is 0 Å². The maximum Gasteiger partial charge on any atom is 0.490 e. The van der Waals surface area contributed by atoms with E-state index in [1.807, 2.05) is 49.6 Å². The quantitative estimate of drug-likeness (QED) is 0.668. The number of alkyl halides is 3. The van der Waals surface area contributed by atoms with Crippen LogP contribution in [0.3, 0.4) is 0 Å². The SMILES string of the molecule is CCn1ccc(C(=O)Nc2ccc(-n3cnc(C)c3C)cc2)n1.O=C(O)C(F)(F)F. The lowest BCUT2D eigenvalue weighted by molar-refractivity contribution is -0.192. The van der Waals surface area contributed by atoms with E-state index < -0.39 is 12.1 Å². The molecule has 8 nitrogen and oxygen atoms in total. The zero-order valence-corrected chi connectivity index (χ0v) is 16.4. The number of aromatic nitrogens is 4. The van der Waals surface area contributed by atoms with Crippen LogP contribution in [0, 0.1) is 13.8 Å². The Balaban J connectivity index is 0.000000396. The van der Waals surface area contributed by atoms with Crippen LogP contribution in [0.4, 0.5) is 18.9 Å². The van der Waals surface area contributed by atoms with Crippen molar-refractivity contribution in [2.75, 3.05) is 5.32 Å². The van der Waals surface area contributed by atoms with Crippen LogP contribution in [-0.4, -0.2) is 42.5 Å². The van der Waals surface area contributed by atoms with Gasteiger partial charge in [0.15, 0.2) is 5.69 Å². The molecule has 0 fully saturated rings. The summed E-state index contributed by atoms with van der Waals surface area (Å²) in [5.74, 6) is -2.97. The van der Waals surface area contributed by atoms with E-state index in [9.17, 15) is 18.0 Å². The Hall–Kier alpha value is -3.63. The molecule has 30 heavy (non-hydrogen) atoms. The number of carbonyl (C=O) groups excluding carboxylic acids is 1. The fraction of sp³-hybridized carbons (Fsp3) is 0.263. The second-order valence-electron chi connectivity index (χ2n) is 6.15. The number of carboxylic acid groups (broad SMARTS) is 1. The van der Waals surface area contributed by atoms with E-state index in [1.54, 1.807) is 23.3 Å². The van der Waals surface area contributed by atoms with Gasteiger partial charge in [0.2, 0.25) is 0 Å². The van der Waals surface area contributed by atoms with Crippen LogP contribution in [0.25, 0.3) is 5.69 Å². The summed E-state index contributed by atoms with van der Waals surface area (Å²) in [7, 11) is 0. The van der Waals surface area contributed by atoms with Gasteiger partial charge in [-0.25, -0.2) is 9.78 Å². The molecule has 0 atom stereocenters. The van der Waals surface area contributed by atoms with Gasteiger partial charge < -0.3 is 15.0 Å². The number of rotatable bonds is 4. The average Bonchev–Trinajstić information content (AvgIpc) is 3.30. The smallest absolute Gasteiger partial charge is 0.475 e. The Bertz CT molecular complexity index is 1020. The van der Waals surface area contributed by atoms with Crippen molar-refractivity contribution in [2.45, 2.75) is 33.5 Å². The van der Waals surface area contributed by atoms with Crippen molar-refractivity contribution in [3.63, 3.8) is 0 Å². The molecule has 3 rings (SSSR count). The average molecular weight is 423 g/mol. The van der Waals surface area contributed by atoms with E-state index in [0.717, 1.165) is 29.3 Å². The molecule has 0 radical (unpaired) electrons. The van der Waals surface area contributed by atoms with Crippen molar-refractivity contribution in [2.24, 2.45) is 0 Å². The monoisotopic (exact) mass is 423 g/mol. The minimum atomic E-state index is -5.08. The number of hydrogen-bond acceptors (Lipinski definition) is 4. The van der Waals surface area contributed by atoms with Crippen LogP contribution in [0.15, 0.2) is 42.9 Å². The number of anilines is 1. The van der Waals surface area contributed by atoms with Gasteiger partial charge in [0, 0.05) is 29.8 Å². The van der Waals surface area contributed by atoms with Gasteiger partial charge in [0.25, 0.3) is 5.91 Å². The molecular weight excluding hydrogens is 403 g/mol. The Kier molecular flexibility index (Phi) is 6.98. The molecule has 0 spiro atoms. The highest BCUT2D eigenvalue weighted by atomic mass is 19.4. The number of carbonyl (C=O) groups is 2. The molecule has 0 saturated carbocycles. The Morgan fingerprint density at radius 2 is 1.73 bits per heavy atom. The normalized spacial score (nSPS) is 10.9. The lowest BCUT2D eigenvalue weighted by atomic mass is 10.2. The van der Waals surface area contributed by atoms with Crippen molar-refractivity contribution in [1.29, 1.82) is 0 Å². The molecule has 160 valence electrons. The van der Waals surface area contributed by atoms with Gasteiger partial charge in [-0.2, -0.15) is 18.3 Å². The van der Waals surface area contributed by atoms with Crippen LogP contribution in [0.1, 0.15) is 28.8 Å². The molecule has 0 aliphatic carbocycles. The molecular formula is C19H20F3N5O3. The first kappa shape index (κ1) is 22.7.